The summed E-state index contributed by atoms with van der Waals surface area (Å²) in [6.45, 7) is 4.50. The van der Waals surface area contributed by atoms with E-state index < -0.39 is 0 Å². The molecule has 0 aromatic rings. The number of nitrogens with one attached hydrogen (secondary N) is 1. The van der Waals surface area contributed by atoms with E-state index in [-0.39, 0.29) is 17.7 Å². The zero-order chi connectivity index (χ0) is 10.6. The Kier molecular flexibility index (Phi) is 3.83. The largest absolute Gasteiger partial charge is 0.511 e. The summed E-state index contributed by atoms with van der Waals surface area (Å²) < 4.78 is 5.35. The van der Waals surface area contributed by atoms with E-state index in [9.17, 15) is 5.11 Å². The molecule has 14 heavy (non-hydrogen) atoms. The van der Waals surface area contributed by atoms with Crippen LogP contribution in [-0.2, 0) is 4.74 Å². The van der Waals surface area contributed by atoms with Gasteiger partial charge in [-0.25, -0.2) is 4.99 Å². The fraction of sp³-hybridized carbons (Fsp3) is 0.600. The van der Waals surface area contributed by atoms with Gasteiger partial charge in [0.05, 0.1) is 6.10 Å². The molecule has 0 aromatic carbocycles. The van der Waals surface area contributed by atoms with E-state index in [0.29, 0.717) is 25.0 Å². The van der Waals surface area contributed by atoms with E-state index >= 15 is 0 Å². The molecule has 0 bridgehead atoms. The molecular weight excluding hydrogens is 180 g/mol. The van der Waals surface area contributed by atoms with Crippen LogP contribution in [0, 0.1) is 5.41 Å². The second kappa shape index (κ2) is 4.91. The van der Waals surface area contributed by atoms with Crippen molar-refractivity contribution in [1.82, 2.24) is 0 Å². The Balaban J connectivity index is 2.62. The SMILES string of the molecule is CCOC(C)CC1=C(O)CC=NC1=N. The molecule has 0 aromatic heterocycles. The molecule has 0 saturated carbocycles. The minimum Gasteiger partial charge on any atom is -0.511 e. The summed E-state index contributed by atoms with van der Waals surface area (Å²) in [7, 11) is 0. The number of hydrogen-bond donors (Lipinski definition) is 2. The predicted molar refractivity (Wildman–Crippen MR) is 56.2 cm³/mol. The zero-order valence-electron chi connectivity index (χ0n) is 8.58. The normalized spacial score (nSPS) is 18.9. The van der Waals surface area contributed by atoms with Gasteiger partial charge in [0.15, 0.2) is 5.84 Å². The van der Waals surface area contributed by atoms with Crippen molar-refractivity contribution in [2.24, 2.45) is 4.99 Å². The quantitative estimate of drug-likeness (QED) is 0.722. The molecule has 0 spiro atoms. The maximum absolute atomic E-state index is 9.55. The molecule has 1 aliphatic rings. The van der Waals surface area contributed by atoms with Gasteiger partial charge in [0.2, 0.25) is 0 Å². The van der Waals surface area contributed by atoms with Crippen LogP contribution < -0.4 is 0 Å². The number of dihydropyridines is 1. The summed E-state index contributed by atoms with van der Waals surface area (Å²) in [6.07, 6.45) is 2.55. The molecule has 0 amide bonds. The third kappa shape index (κ3) is 2.67. The molecular formula is C10H16N2O2. The van der Waals surface area contributed by atoms with Crippen LogP contribution in [0.25, 0.3) is 0 Å². The third-order valence-corrected chi connectivity index (χ3v) is 2.08. The molecule has 0 fully saturated rings. The maximum Gasteiger partial charge on any atom is 0.150 e. The summed E-state index contributed by atoms with van der Waals surface area (Å²) in [5, 5.41) is 17.1. The number of hydrogen-bond acceptors (Lipinski definition) is 3. The van der Waals surface area contributed by atoms with Crippen molar-refractivity contribution in [1.29, 1.82) is 5.41 Å². The number of aliphatic hydroxyl groups excluding tert-OH is 1. The van der Waals surface area contributed by atoms with Crippen LogP contribution in [0.15, 0.2) is 16.3 Å². The number of amidine groups is 1. The lowest BCUT2D eigenvalue weighted by molar-refractivity contribution is 0.0769. The summed E-state index contributed by atoms with van der Waals surface area (Å²) in [4.78, 5) is 3.86. The van der Waals surface area contributed by atoms with Gasteiger partial charge in [0.25, 0.3) is 0 Å². The first-order valence-electron chi connectivity index (χ1n) is 4.79. The number of nitrogens with zero attached hydrogens (tertiary/aromatic N) is 1. The fourth-order valence-electron chi connectivity index (χ4n) is 1.41. The Morgan fingerprint density at radius 2 is 2.43 bits per heavy atom. The fourth-order valence-corrected chi connectivity index (χ4v) is 1.41. The van der Waals surface area contributed by atoms with E-state index in [2.05, 4.69) is 4.99 Å². The predicted octanol–water partition coefficient (Wildman–Crippen LogP) is 2.07. The Hall–Kier alpha value is -1.16. The van der Waals surface area contributed by atoms with Crippen molar-refractivity contribution in [2.75, 3.05) is 6.61 Å². The van der Waals surface area contributed by atoms with Crippen molar-refractivity contribution in [3.63, 3.8) is 0 Å². The molecule has 4 heteroatoms. The number of ether oxygens (including phenoxy) is 1. The minimum atomic E-state index is 0.0193. The van der Waals surface area contributed by atoms with Gasteiger partial charge in [-0.3, -0.25) is 5.41 Å². The van der Waals surface area contributed by atoms with Crippen molar-refractivity contribution in [3.8, 4) is 0 Å². The molecule has 0 radical (unpaired) electrons. The van der Waals surface area contributed by atoms with Crippen molar-refractivity contribution < 1.29 is 9.84 Å². The lowest BCUT2D eigenvalue weighted by Crippen LogP contribution is -2.16. The van der Waals surface area contributed by atoms with Crippen molar-refractivity contribution in [2.45, 2.75) is 32.8 Å². The van der Waals surface area contributed by atoms with E-state index in [4.69, 9.17) is 10.1 Å². The van der Waals surface area contributed by atoms with Gasteiger partial charge in [-0.1, -0.05) is 0 Å². The van der Waals surface area contributed by atoms with Gasteiger partial charge in [0.1, 0.15) is 5.76 Å². The second-order valence-corrected chi connectivity index (χ2v) is 3.26. The first-order chi connectivity index (χ1) is 6.65. The van der Waals surface area contributed by atoms with Crippen molar-refractivity contribution in [3.05, 3.63) is 11.3 Å². The Labute approximate surface area is 83.8 Å². The smallest absolute Gasteiger partial charge is 0.150 e. The highest BCUT2D eigenvalue weighted by molar-refractivity contribution is 6.03. The Bertz CT molecular complexity index is 282. The van der Waals surface area contributed by atoms with Crippen LogP contribution in [0.3, 0.4) is 0 Å². The summed E-state index contributed by atoms with van der Waals surface area (Å²) in [6, 6.07) is 0. The van der Waals surface area contributed by atoms with Crippen LogP contribution in [0.5, 0.6) is 0 Å². The van der Waals surface area contributed by atoms with Crippen LogP contribution in [-0.4, -0.2) is 29.9 Å². The van der Waals surface area contributed by atoms with Gasteiger partial charge in [0, 0.05) is 31.2 Å². The summed E-state index contributed by atoms with van der Waals surface area (Å²) in [5.41, 5.74) is 0.605. The Morgan fingerprint density at radius 3 is 3.00 bits per heavy atom. The minimum absolute atomic E-state index is 0.0193. The average molecular weight is 196 g/mol. The van der Waals surface area contributed by atoms with Gasteiger partial charge in [-0.2, -0.15) is 0 Å². The molecule has 4 nitrogen and oxygen atoms in total. The van der Waals surface area contributed by atoms with Gasteiger partial charge in [-0.15, -0.1) is 0 Å². The monoisotopic (exact) mass is 196 g/mol. The van der Waals surface area contributed by atoms with Gasteiger partial charge in [-0.05, 0) is 13.8 Å². The van der Waals surface area contributed by atoms with Gasteiger partial charge >= 0.3 is 0 Å². The highest BCUT2D eigenvalue weighted by Crippen LogP contribution is 2.18. The van der Waals surface area contributed by atoms with Crippen LogP contribution >= 0.6 is 0 Å². The highest BCUT2D eigenvalue weighted by atomic mass is 16.5. The van der Waals surface area contributed by atoms with E-state index in [1.807, 2.05) is 13.8 Å². The number of aliphatic hydroxyl groups is 1. The molecule has 1 rings (SSSR count). The molecule has 78 valence electrons. The number of allylic oxidation sites excluding steroid dienone is 1. The van der Waals surface area contributed by atoms with Crippen LogP contribution in [0.1, 0.15) is 26.7 Å². The van der Waals surface area contributed by atoms with Crippen LogP contribution in [0.2, 0.25) is 0 Å². The number of rotatable bonds is 4. The van der Waals surface area contributed by atoms with E-state index in [0.717, 1.165) is 0 Å². The standard InChI is InChI=1S/C10H16N2O2/c1-3-14-7(2)6-8-9(13)4-5-12-10(8)11/h5,7,11,13H,3-4,6H2,1-2H3. The first-order valence-corrected chi connectivity index (χ1v) is 4.79. The Morgan fingerprint density at radius 1 is 1.71 bits per heavy atom. The summed E-state index contributed by atoms with van der Waals surface area (Å²) >= 11 is 0. The molecule has 0 saturated heterocycles. The topological polar surface area (TPSA) is 65.7 Å². The second-order valence-electron chi connectivity index (χ2n) is 3.26. The van der Waals surface area contributed by atoms with Crippen LogP contribution in [0.4, 0.5) is 0 Å². The molecule has 1 aliphatic heterocycles. The van der Waals surface area contributed by atoms with E-state index in [1.54, 1.807) is 6.21 Å². The molecule has 2 N–H and O–H groups in total. The molecule has 0 aliphatic carbocycles. The lowest BCUT2D eigenvalue weighted by atomic mass is 10.0. The molecule has 1 unspecified atom stereocenters. The third-order valence-electron chi connectivity index (χ3n) is 2.08. The molecule has 1 heterocycles. The lowest BCUT2D eigenvalue weighted by Gasteiger charge is -2.16. The number of aliphatic imine (C=N–C) groups is 1. The maximum atomic E-state index is 9.55. The molecule has 1 atom stereocenters. The highest BCUT2D eigenvalue weighted by Gasteiger charge is 2.17. The van der Waals surface area contributed by atoms with E-state index in [1.165, 1.54) is 0 Å². The van der Waals surface area contributed by atoms with Gasteiger partial charge < -0.3 is 9.84 Å². The zero-order valence-corrected chi connectivity index (χ0v) is 8.58. The first kappa shape index (κ1) is 10.9. The van der Waals surface area contributed by atoms with Crippen molar-refractivity contribution >= 4 is 12.1 Å². The summed E-state index contributed by atoms with van der Waals surface area (Å²) in [5.74, 6) is 0.400. The average Bonchev–Trinajstić information content (AvgIpc) is 2.12.